The van der Waals surface area contributed by atoms with E-state index < -0.39 is 0 Å². The quantitative estimate of drug-likeness (QED) is 0.341. The lowest BCUT2D eigenvalue weighted by Crippen LogP contribution is -2.31. The van der Waals surface area contributed by atoms with Crippen LogP contribution in [0.15, 0.2) is 59.8 Å². The van der Waals surface area contributed by atoms with Gasteiger partial charge in [0.2, 0.25) is 5.91 Å². The van der Waals surface area contributed by atoms with Crippen molar-refractivity contribution in [1.82, 2.24) is 15.3 Å². The Morgan fingerprint density at radius 3 is 2.68 bits per heavy atom. The van der Waals surface area contributed by atoms with Gasteiger partial charge in [-0.1, -0.05) is 35.9 Å². The number of benzene rings is 2. The van der Waals surface area contributed by atoms with Crippen LogP contribution in [0.1, 0.15) is 18.1 Å². The number of para-hydroxylation sites is 1. The largest absolute Gasteiger partial charge is 0.362 e. The van der Waals surface area contributed by atoms with E-state index in [0.717, 1.165) is 34.3 Å². The number of nitrogens with one attached hydrogen (secondary N) is 3. The van der Waals surface area contributed by atoms with Crippen LogP contribution in [-0.4, -0.2) is 28.3 Å². The molecule has 144 valence electrons. The molecule has 3 N–H and O–H groups in total. The summed E-state index contributed by atoms with van der Waals surface area (Å²) in [6.07, 6.45) is 3.63. The first-order valence-corrected chi connectivity index (χ1v) is 9.49. The molecule has 28 heavy (non-hydrogen) atoms. The molecule has 3 aromatic rings. The molecular weight excluding hydrogens is 370 g/mol. The highest BCUT2D eigenvalue weighted by Crippen LogP contribution is 2.20. The first-order valence-electron chi connectivity index (χ1n) is 9.08. The molecule has 1 heterocycles. The van der Waals surface area contributed by atoms with E-state index in [-0.39, 0.29) is 12.5 Å². The number of aromatic nitrogens is 1. The molecule has 0 saturated heterocycles. The molecule has 0 fully saturated rings. The van der Waals surface area contributed by atoms with Crippen LogP contribution in [0.4, 0.5) is 5.69 Å². The number of thiocarbonyl (C=S) groups is 1. The Morgan fingerprint density at radius 1 is 1.18 bits per heavy atom. The molecule has 0 aliphatic heterocycles. The monoisotopic (exact) mass is 393 g/mol. The molecule has 0 atom stereocenters. The molecule has 0 aliphatic carbocycles. The average molecular weight is 394 g/mol. The maximum atomic E-state index is 12.5. The summed E-state index contributed by atoms with van der Waals surface area (Å²) < 4.78 is 1.92. The van der Waals surface area contributed by atoms with Crippen LogP contribution in [0, 0.1) is 6.92 Å². The Bertz CT molecular complexity index is 1010. The zero-order chi connectivity index (χ0) is 19.9. The summed E-state index contributed by atoms with van der Waals surface area (Å²) in [4.78, 5) is 12.5. The number of hydrogen-bond donors (Lipinski definition) is 3. The lowest BCUT2D eigenvalue weighted by molar-refractivity contribution is -0.116. The van der Waals surface area contributed by atoms with Gasteiger partial charge in [-0.2, -0.15) is 5.10 Å². The van der Waals surface area contributed by atoms with Crippen LogP contribution in [0.3, 0.4) is 0 Å². The third-order valence-corrected chi connectivity index (χ3v) is 4.41. The average Bonchev–Trinajstić information content (AvgIpc) is 3.02. The third kappa shape index (κ3) is 4.95. The van der Waals surface area contributed by atoms with E-state index in [1.807, 2.05) is 73.1 Å². The first-order chi connectivity index (χ1) is 13.6. The van der Waals surface area contributed by atoms with E-state index in [1.165, 1.54) is 0 Å². The van der Waals surface area contributed by atoms with Crippen molar-refractivity contribution >= 4 is 46.0 Å². The fraction of sp³-hybridized carbons (Fsp3) is 0.190. The second kappa shape index (κ2) is 9.14. The lowest BCUT2D eigenvalue weighted by atomic mass is 10.2. The molecule has 6 nitrogen and oxygen atoms in total. The molecule has 0 saturated carbocycles. The van der Waals surface area contributed by atoms with Crippen LogP contribution in [0.2, 0.25) is 0 Å². The summed E-state index contributed by atoms with van der Waals surface area (Å²) in [6.45, 7) is 4.93. The Balaban J connectivity index is 1.76. The summed E-state index contributed by atoms with van der Waals surface area (Å²) in [7, 11) is 0. The lowest BCUT2D eigenvalue weighted by Gasteiger charge is -2.07. The summed E-state index contributed by atoms with van der Waals surface area (Å²) in [5.74, 6) is -0.0838. The van der Waals surface area contributed by atoms with E-state index in [9.17, 15) is 4.79 Å². The SMILES string of the molecule is CCNC(=S)NN=Cc1cn(CC(=O)Nc2ccc(C)cc2)c2ccccc12. The molecule has 3 rings (SSSR count). The van der Waals surface area contributed by atoms with Crippen molar-refractivity contribution in [2.24, 2.45) is 5.10 Å². The van der Waals surface area contributed by atoms with Crippen molar-refractivity contribution in [3.05, 3.63) is 65.9 Å². The minimum atomic E-state index is -0.0838. The number of rotatable bonds is 6. The van der Waals surface area contributed by atoms with Gasteiger partial charge in [0.1, 0.15) is 6.54 Å². The number of carbonyl (C=O) groups excluding carboxylic acids is 1. The molecule has 0 unspecified atom stereocenters. The highest BCUT2D eigenvalue weighted by molar-refractivity contribution is 7.80. The van der Waals surface area contributed by atoms with E-state index in [0.29, 0.717) is 5.11 Å². The minimum absolute atomic E-state index is 0.0838. The normalized spacial score (nSPS) is 10.9. The van der Waals surface area contributed by atoms with E-state index >= 15 is 0 Å². The van der Waals surface area contributed by atoms with Crippen LogP contribution in [0.5, 0.6) is 0 Å². The van der Waals surface area contributed by atoms with Crippen LogP contribution >= 0.6 is 12.2 Å². The molecule has 0 aliphatic rings. The van der Waals surface area contributed by atoms with Gasteiger partial charge in [0.05, 0.1) is 6.21 Å². The number of nitrogens with zero attached hydrogens (tertiary/aromatic N) is 2. The molecule has 1 aromatic heterocycles. The van der Waals surface area contributed by atoms with Crippen molar-refractivity contribution in [1.29, 1.82) is 0 Å². The molecule has 1 amide bonds. The highest BCUT2D eigenvalue weighted by atomic mass is 32.1. The number of carbonyl (C=O) groups is 1. The molecule has 0 bridgehead atoms. The minimum Gasteiger partial charge on any atom is -0.362 e. The summed E-state index contributed by atoms with van der Waals surface area (Å²) >= 11 is 5.10. The Labute approximate surface area is 169 Å². The van der Waals surface area contributed by atoms with Gasteiger partial charge < -0.3 is 15.2 Å². The molecule has 2 aromatic carbocycles. The van der Waals surface area contributed by atoms with Crippen molar-refractivity contribution in [3.63, 3.8) is 0 Å². The van der Waals surface area contributed by atoms with Gasteiger partial charge in [0.25, 0.3) is 0 Å². The zero-order valence-electron chi connectivity index (χ0n) is 15.9. The van der Waals surface area contributed by atoms with E-state index in [1.54, 1.807) is 6.21 Å². The number of anilines is 1. The van der Waals surface area contributed by atoms with E-state index in [2.05, 4.69) is 21.2 Å². The smallest absolute Gasteiger partial charge is 0.244 e. The number of amides is 1. The fourth-order valence-electron chi connectivity index (χ4n) is 2.86. The van der Waals surface area contributed by atoms with Gasteiger partial charge in [-0.15, -0.1) is 0 Å². The Kier molecular flexibility index (Phi) is 6.39. The van der Waals surface area contributed by atoms with Gasteiger partial charge in [-0.3, -0.25) is 10.2 Å². The van der Waals surface area contributed by atoms with Gasteiger partial charge in [0, 0.05) is 34.9 Å². The topological polar surface area (TPSA) is 70.5 Å². The number of hydrogen-bond acceptors (Lipinski definition) is 3. The summed E-state index contributed by atoms with van der Waals surface area (Å²) in [6, 6.07) is 15.7. The molecule has 0 spiro atoms. The van der Waals surface area contributed by atoms with Gasteiger partial charge in [-0.25, -0.2) is 0 Å². The first kappa shape index (κ1) is 19.6. The number of fused-ring (bicyclic) bond motifs is 1. The Morgan fingerprint density at radius 2 is 1.93 bits per heavy atom. The van der Waals surface area contributed by atoms with Crippen LogP contribution in [-0.2, 0) is 11.3 Å². The number of hydrazone groups is 1. The zero-order valence-corrected chi connectivity index (χ0v) is 16.7. The van der Waals surface area contributed by atoms with Crippen molar-refractivity contribution in [3.8, 4) is 0 Å². The summed E-state index contributed by atoms with van der Waals surface area (Å²) in [5.41, 5.74) is 6.60. The predicted octanol–water partition coefficient (Wildman–Crippen LogP) is 3.41. The molecular formula is C21H23N5OS. The van der Waals surface area contributed by atoms with Gasteiger partial charge in [0.15, 0.2) is 5.11 Å². The van der Waals surface area contributed by atoms with Gasteiger partial charge in [-0.05, 0) is 44.3 Å². The Hall–Kier alpha value is -3.19. The maximum absolute atomic E-state index is 12.5. The third-order valence-electron chi connectivity index (χ3n) is 4.18. The standard InChI is InChI=1S/C21H23N5OS/c1-3-22-21(28)25-23-12-16-13-26(19-7-5-4-6-18(16)19)14-20(27)24-17-10-8-15(2)9-11-17/h4-13H,3,14H2,1-2H3,(H,24,27)(H2,22,25,28). The predicted molar refractivity (Wildman–Crippen MR) is 119 cm³/mol. The molecule has 0 radical (unpaired) electrons. The summed E-state index contributed by atoms with van der Waals surface area (Å²) in [5, 5.41) is 11.6. The molecule has 7 heteroatoms. The fourth-order valence-corrected chi connectivity index (χ4v) is 3.06. The van der Waals surface area contributed by atoms with Crippen molar-refractivity contribution in [2.45, 2.75) is 20.4 Å². The van der Waals surface area contributed by atoms with Crippen molar-refractivity contribution in [2.75, 3.05) is 11.9 Å². The van der Waals surface area contributed by atoms with Gasteiger partial charge >= 0.3 is 0 Å². The second-order valence-electron chi connectivity index (χ2n) is 6.37. The second-order valence-corrected chi connectivity index (χ2v) is 6.78. The number of aryl methyl sites for hydroxylation is 1. The van der Waals surface area contributed by atoms with Crippen LogP contribution in [0.25, 0.3) is 10.9 Å². The van der Waals surface area contributed by atoms with Crippen LogP contribution < -0.4 is 16.1 Å². The van der Waals surface area contributed by atoms with Crippen molar-refractivity contribution < 1.29 is 4.79 Å². The van der Waals surface area contributed by atoms with E-state index in [4.69, 9.17) is 12.2 Å². The highest BCUT2D eigenvalue weighted by Gasteiger charge is 2.10. The maximum Gasteiger partial charge on any atom is 0.244 e.